The molecule has 1 heterocycles. The second-order valence-corrected chi connectivity index (χ2v) is 9.72. The van der Waals surface area contributed by atoms with E-state index in [4.69, 9.17) is 12.2 Å². The van der Waals surface area contributed by atoms with Crippen LogP contribution in [0.3, 0.4) is 0 Å². The van der Waals surface area contributed by atoms with E-state index in [-0.39, 0.29) is 28.7 Å². The average molecular weight is 439 g/mol. The highest BCUT2D eigenvalue weighted by atomic mass is 32.2. The molecule has 7 heteroatoms. The number of sulfone groups is 1. The summed E-state index contributed by atoms with van der Waals surface area (Å²) in [4.78, 5) is 21.5. The molecule has 1 aromatic heterocycles. The largest absolute Gasteiger partial charge is 0.294 e. The fourth-order valence-corrected chi connectivity index (χ4v) is 4.61. The second kappa shape index (κ2) is 9.36. The first-order valence-corrected chi connectivity index (χ1v) is 11.5. The third kappa shape index (κ3) is 5.87. The van der Waals surface area contributed by atoms with Crippen molar-refractivity contribution in [3.05, 3.63) is 89.0 Å². The fraction of sp³-hybridized carbons (Fsp3) is 0.217. The lowest BCUT2D eigenvalue weighted by Crippen LogP contribution is -2.10. The molecule has 0 aliphatic rings. The van der Waals surface area contributed by atoms with E-state index in [1.54, 1.807) is 42.5 Å². The van der Waals surface area contributed by atoms with Gasteiger partial charge < -0.3 is 0 Å². The van der Waals surface area contributed by atoms with E-state index >= 15 is 0 Å². The summed E-state index contributed by atoms with van der Waals surface area (Å²) in [5, 5.41) is 0. The van der Waals surface area contributed by atoms with E-state index in [9.17, 15) is 13.2 Å². The van der Waals surface area contributed by atoms with Gasteiger partial charge in [0.2, 0.25) is 0 Å². The molecular weight excluding hydrogens is 416 g/mol. The van der Waals surface area contributed by atoms with Crippen LogP contribution in [0.15, 0.2) is 65.6 Å². The Labute approximate surface area is 182 Å². The Morgan fingerprint density at radius 3 is 2.13 bits per heavy atom. The lowest BCUT2D eigenvalue weighted by atomic mass is 10.0. The SMILES string of the molecule is Cc1cc(C)nc(CS(=O)(=O)c2ccc(CC(=S)CC(=O)c3ccccc3)cc2)n1. The first-order chi connectivity index (χ1) is 14.2. The summed E-state index contributed by atoms with van der Waals surface area (Å²) < 4.78 is 25.4. The Bertz CT molecular complexity index is 1150. The minimum absolute atomic E-state index is 0.0201. The molecule has 3 aromatic rings. The van der Waals surface area contributed by atoms with E-state index in [2.05, 4.69) is 9.97 Å². The molecule has 0 unspecified atom stereocenters. The van der Waals surface area contributed by atoms with Gasteiger partial charge in [0.05, 0.1) is 4.90 Å². The highest BCUT2D eigenvalue weighted by Gasteiger charge is 2.18. The molecule has 154 valence electrons. The van der Waals surface area contributed by atoms with E-state index in [1.165, 1.54) is 0 Å². The number of hydrogen-bond acceptors (Lipinski definition) is 6. The summed E-state index contributed by atoms with van der Waals surface area (Å²) in [7, 11) is -3.56. The van der Waals surface area contributed by atoms with Gasteiger partial charge in [0, 0.05) is 34.7 Å². The number of aromatic nitrogens is 2. The minimum atomic E-state index is -3.56. The minimum Gasteiger partial charge on any atom is -0.294 e. The highest BCUT2D eigenvalue weighted by molar-refractivity contribution is 7.90. The molecule has 0 atom stereocenters. The van der Waals surface area contributed by atoms with Crippen molar-refractivity contribution in [3.63, 3.8) is 0 Å². The Morgan fingerprint density at radius 1 is 0.933 bits per heavy atom. The normalized spacial score (nSPS) is 11.3. The zero-order chi connectivity index (χ0) is 21.7. The van der Waals surface area contributed by atoms with Crippen LogP contribution in [0.1, 0.15) is 39.6 Å². The molecule has 0 N–H and O–H groups in total. The Kier molecular flexibility index (Phi) is 6.84. The van der Waals surface area contributed by atoms with Crippen LogP contribution < -0.4 is 0 Å². The monoisotopic (exact) mass is 438 g/mol. The first kappa shape index (κ1) is 21.9. The molecule has 0 amide bonds. The summed E-state index contributed by atoms with van der Waals surface area (Å²) in [6.45, 7) is 3.62. The Morgan fingerprint density at radius 2 is 1.53 bits per heavy atom. The number of rotatable bonds is 8. The van der Waals surface area contributed by atoms with Crippen LogP contribution in [0.25, 0.3) is 0 Å². The zero-order valence-electron chi connectivity index (χ0n) is 16.8. The number of Topliss-reactive ketones (excluding diaryl/α,β-unsaturated/α-hetero) is 1. The van der Waals surface area contributed by atoms with Crippen LogP contribution in [-0.4, -0.2) is 29.0 Å². The van der Waals surface area contributed by atoms with Crippen molar-refractivity contribution in [1.29, 1.82) is 0 Å². The van der Waals surface area contributed by atoms with Crippen molar-refractivity contribution in [3.8, 4) is 0 Å². The van der Waals surface area contributed by atoms with Gasteiger partial charge in [0.15, 0.2) is 15.6 Å². The molecule has 0 bridgehead atoms. The maximum atomic E-state index is 12.7. The van der Waals surface area contributed by atoms with Gasteiger partial charge in [0.25, 0.3) is 0 Å². The second-order valence-electron chi connectivity index (χ2n) is 7.15. The summed E-state index contributed by atoms with van der Waals surface area (Å²) >= 11 is 5.37. The van der Waals surface area contributed by atoms with Crippen molar-refractivity contribution in [1.82, 2.24) is 9.97 Å². The molecule has 0 radical (unpaired) electrons. The number of ketones is 1. The summed E-state index contributed by atoms with van der Waals surface area (Å²) in [5.41, 5.74) is 2.97. The number of hydrogen-bond donors (Lipinski definition) is 0. The van der Waals surface area contributed by atoms with Gasteiger partial charge >= 0.3 is 0 Å². The first-order valence-electron chi connectivity index (χ1n) is 9.46. The molecule has 0 fully saturated rings. The van der Waals surface area contributed by atoms with Crippen LogP contribution in [0.5, 0.6) is 0 Å². The quantitative estimate of drug-likeness (QED) is 0.386. The molecule has 2 aromatic carbocycles. The van der Waals surface area contributed by atoms with Crippen LogP contribution in [0.2, 0.25) is 0 Å². The van der Waals surface area contributed by atoms with E-state index in [0.717, 1.165) is 17.0 Å². The van der Waals surface area contributed by atoms with E-state index in [0.29, 0.717) is 16.8 Å². The molecular formula is C23H22N2O3S2. The topological polar surface area (TPSA) is 77.0 Å². The summed E-state index contributed by atoms with van der Waals surface area (Å²) in [6, 6.07) is 17.4. The molecule has 0 spiro atoms. The van der Waals surface area contributed by atoms with Gasteiger partial charge in [0.1, 0.15) is 11.6 Å². The van der Waals surface area contributed by atoms with Gasteiger partial charge in [-0.2, -0.15) is 0 Å². The molecule has 0 aliphatic heterocycles. The molecule has 3 rings (SSSR count). The highest BCUT2D eigenvalue weighted by Crippen LogP contribution is 2.17. The number of nitrogens with zero attached hydrogens (tertiary/aromatic N) is 2. The average Bonchev–Trinajstić information content (AvgIpc) is 2.67. The third-order valence-electron chi connectivity index (χ3n) is 4.48. The number of thiocarbonyl (C=S) groups is 1. The number of benzene rings is 2. The zero-order valence-corrected chi connectivity index (χ0v) is 18.5. The summed E-state index contributed by atoms with van der Waals surface area (Å²) in [6.07, 6.45) is 0.623. The van der Waals surface area contributed by atoms with Crippen molar-refractivity contribution >= 4 is 32.7 Å². The predicted octanol–water partition coefficient (Wildman–Crippen LogP) is 4.25. The number of aryl methyl sites for hydroxylation is 2. The van der Waals surface area contributed by atoms with Gasteiger partial charge in [-0.15, -0.1) is 0 Å². The van der Waals surface area contributed by atoms with Gasteiger partial charge in [-0.1, -0.05) is 54.7 Å². The fourth-order valence-electron chi connectivity index (χ4n) is 3.13. The molecule has 0 saturated carbocycles. The lowest BCUT2D eigenvalue weighted by Gasteiger charge is -2.08. The standard InChI is InChI=1S/C23H22N2O3S2/c1-16-12-17(2)25-23(24-16)15-30(27,28)21-10-8-18(9-11-21)13-20(29)14-22(26)19-6-4-3-5-7-19/h3-12H,13-15H2,1-2H3. The van der Waals surface area contributed by atoms with Crippen LogP contribution >= 0.6 is 12.2 Å². The van der Waals surface area contributed by atoms with Crippen LogP contribution in [-0.2, 0) is 22.0 Å². The van der Waals surface area contributed by atoms with Gasteiger partial charge in [-0.25, -0.2) is 18.4 Å². The molecule has 0 saturated heterocycles. The maximum Gasteiger partial charge on any atom is 0.185 e. The van der Waals surface area contributed by atoms with Gasteiger partial charge in [-0.3, -0.25) is 4.79 Å². The molecule has 5 nitrogen and oxygen atoms in total. The maximum absolute atomic E-state index is 12.7. The van der Waals surface area contributed by atoms with Crippen molar-refractivity contribution in [2.45, 2.75) is 37.3 Å². The van der Waals surface area contributed by atoms with Crippen molar-refractivity contribution < 1.29 is 13.2 Å². The third-order valence-corrected chi connectivity index (χ3v) is 6.40. The van der Waals surface area contributed by atoms with Gasteiger partial charge in [-0.05, 0) is 37.6 Å². The summed E-state index contributed by atoms with van der Waals surface area (Å²) in [5.74, 6) is 0.0178. The van der Waals surface area contributed by atoms with E-state index in [1.807, 2.05) is 32.0 Å². The van der Waals surface area contributed by atoms with Crippen LogP contribution in [0, 0.1) is 13.8 Å². The predicted molar refractivity (Wildman–Crippen MR) is 121 cm³/mol. The van der Waals surface area contributed by atoms with E-state index < -0.39 is 9.84 Å². The lowest BCUT2D eigenvalue weighted by molar-refractivity contribution is 0.100. The molecule has 0 aliphatic carbocycles. The Balaban J connectivity index is 1.65. The van der Waals surface area contributed by atoms with Crippen LogP contribution in [0.4, 0.5) is 0 Å². The molecule has 30 heavy (non-hydrogen) atoms. The smallest absolute Gasteiger partial charge is 0.185 e. The number of carbonyl (C=O) groups excluding carboxylic acids is 1. The van der Waals surface area contributed by atoms with Crippen molar-refractivity contribution in [2.75, 3.05) is 0 Å². The Hall–Kier alpha value is -2.77. The van der Waals surface area contributed by atoms with Crippen molar-refractivity contribution in [2.24, 2.45) is 0 Å². The number of carbonyl (C=O) groups is 1.